The molecule has 17 heavy (non-hydrogen) atoms. The van der Waals surface area contributed by atoms with E-state index in [1.165, 1.54) is 6.42 Å². The molecule has 2 saturated heterocycles. The number of nitrogens with zero attached hydrogens (tertiary/aromatic N) is 1. The molecule has 0 aromatic carbocycles. The maximum Gasteiger partial charge on any atom is 0.241 e. The van der Waals surface area contributed by atoms with E-state index in [1.54, 1.807) is 0 Å². The number of hydrogen-bond donors (Lipinski definition) is 2. The third kappa shape index (κ3) is 2.80. The summed E-state index contributed by atoms with van der Waals surface area (Å²) in [6.45, 7) is 8.13. The van der Waals surface area contributed by atoms with Crippen molar-refractivity contribution in [3.05, 3.63) is 0 Å². The first-order valence-electron chi connectivity index (χ1n) is 6.88. The Kier molecular flexibility index (Phi) is 4.05. The van der Waals surface area contributed by atoms with E-state index in [2.05, 4.69) is 36.3 Å². The number of carbonyl (C=O) groups is 1. The zero-order chi connectivity index (χ0) is 12.4. The first kappa shape index (κ1) is 12.8. The highest BCUT2D eigenvalue weighted by atomic mass is 16.2. The van der Waals surface area contributed by atoms with Gasteiger partial charge in [-0.05, 0) is 40.0 Å². The Morgan fingerprint density at radius 2 is 1.71 bits per heavy atom. The topological polar surface area (TPSA) is 44.4 Å². The van der Waals surface area contributed by atoms with Crippen LogP contribution in [0.4, 0.5) is 0 Å². The van der Waals surface area contributed by atoms with Crippen LogP contribution in [0.15, 0.2) is 0 Å². The molecule has 0 radical (unpaired) electrons. The lowest BCUT2D eigenvalue weighted by molar-refractivity contribution is -0.139. The molecular formula is C13H25N3O. The highest BCUT2D eigenvalue weighted by Crippen LogP contribution is 2.23. The second-order valence-electron chi connectivity index (χ2n) is 5.64. The predicted molar refractivity (Wildman–Crippen MR) is 68.9 cm³/mol. The summed E-state index contributed by atoms with van der Waals surface area (Å²) in [6.07, 6.45) is 3.54. The van der Waals surface area contributed by atoms with Crippen molar-refractivity contribution in [1.29, 1.82) is 0 Å². The van der Waals surface area contributed by atoms with Crippen LogP contribution in [-0.2, 0) is 4.79 Å². The van der Waals surface area contributed by atoms with Gasteiger partial charge in [-0.3, -0.25) is 4.79 Å². The fraction of sp³-hybridized carbons (Fsp3) is 0.923. The number of amides is 1. The molecule has 2 aliphatic heterocycles. The van der Waals surface area contributed by atoms with Crippen molar-refractivity contribution in [2.45, 2.75) is 64.2 Å². The molecule has 2 heterocycles. The molecule has 4 heteroatoms. The number of carbonyl (C=O) groups excluding carboxylic acids is 1. The molecule has 0 aliphatic carbocycles. The molecule has 2 unspecified atom stereocenters. The van der Waals surface area contributed by atoms with Gasteiger partial charge >= 0.3 is 0 Å². The summed E-state index contributed by atoms with van der Waals surface area (Å²) in [5, 5.41) is 6.73. The first-order chi connectivity index (χ1) is 8.09. The molecule has 4 nitrogen and oxygen atoms in total. The molecule has 0 saturated carbocycles. The van der Waals surface area contributed by atoms with Crippen LogP contribution in [0, 0.1) is 0 Å². The van der Waals surface area contributed by atoms with Gasteiger partial charge in [-0.2, -0.15) is 0 Å². The van der Waals surface area contributed by atoms with E-state index in [4.69, 9.17) is 0 Å². The largest absolute Gasteiger partial charge is 0.336 e. The summed E-state index contributed by atoms with van der Waals surface area (Å²) >= 11 is 0. The molecular weight excluding hydrogens is 214 g/mol. The van der Waals surface area contributed by atoms with E-state index in [1.807, 2.05) is 0 Å². The van der Waals surface area contributed by atoms with Crippen LogP contribution in [0.2, 0.25) is 0 Å². The molecule has 2 rings (SSSR count). The van der Waals surface area contributed by atoms with E-state index in [-0.39, 0.29) is 11.9 Å². The molecule has 0 aromatic heterocycles. The van der Waals surface area contributed by atoms with Crippen LogP contribution >= 0.6 is 0 Å². The van der Waals surface area contributed by atoms with Crippen LogP contribution in [0.25, 0.3) is 0 Å². The third-order valence-electron chi connectivity index (χ3n) is 4.09. The number of piperazine rings is 1. The average Bonchev–Trinajstić information content (AvgIpc) is 2.29. The number of hydrogen-bond acceptors (Lipinski definition) is 3. The Morgan fingerprint density at radius 3 is 2.24 bits per heavy atom. The molecule has 98 valence electrons. The van der Waals surface area contributed by atoms with E-state index in [9.17, 15) is 4.79 Å². The second kappa shape index (κ2) is 5.36. The average molecular weight is 239 g/mol. The number of likely N-dealkylation sites (tertiary alicyclic amines) is 1. The predicted octanol–water partition coefficient (Wildman–Crippen LogP) is 0.726. The van der Waals surface area contributed by atoms with Crippen LogP contribution in [-0.4, -0.2) is 48.1 Å². The quantitative estimate of drug-likeness (QED) is 0.709. The molecule has 0 spiro atoms. The summed E-state index contributed by atoms with van der Waals surface area (Å²) in [4.78, 5) is 14.6. The van der Waals surface area contributed by atoms with Crippen molar-refractivity contribution in [3.8, 4) is 0 Å². The maximum atomic E-state index is 12.5. The Hall–Kier alpha value is -0.610. The molecule has 2 fully saturated rings. The molecule has 4 atom stereocenters. The number of nitrogens with one attached hydrogen (secondary N) is 2. The molecule has 2 N–H and O–H groups in total. The van der Waals surface area contributed by atoms with Crippen molar-refractivity contribution in [3.63, 3.8) is 0 Å². The van der Waals surface area contributed by atoms with Crippen LogP contribution in [0.5, 0.6) is 0 Å². The minimum absolute atomic E-state index is 0.0331. The van der Waals surface area contributed by atoms with Crippen molar-refractivity contribution in [1.82, 2.24) is 15.5 Å². The monoisotopic (exact) mass is 239 g/mol. The van der Waals surface area contributed by atoms with E-state index in [0.29, 0.717) is 18.1 Å². The van der Waals surface area contributed by atoms with Crippen molar-refractivity contribution in [2.75, 3.05) is 13.1 Å². The number of rotatable bonds is 1. The summed E-state index contributed by atoms with van der Waals surface area (Å²) < 4.78 is 0. The van der Waals surface area contributed by atoms with Gasteiger partial charge in [-0.15, -0.1) is 0 Å². The summed E-state index contributed by atoms with van der Waals surface area (Å²) in [5.74, 6) is 0.282. The Balaban J connectivity index is 1.98. The maximum absolute atomic E-state index is 12.5. The normalized spacial score (nSPS) is 39.1. The Labute approximate surface area is 104 Å². The fourth-order valence-electron chi connectivity index (χ4n) is 2.99. The van der Waals surface area contributed by atoms with Crippen molar-refractivity contribution in [2.24, 2.45) is 0 Å². The van der Waals surface area contributed by atoms with Crippen molar-refractivity contribution >= 4 is 5.91 Å². The van der Waals surface area contributed by atoms with Gasteiger partial charge in [0.1, 0.15) is 0 Å². The minimum atomic E-state index is -0.0331. The van der Waals surface area contributed by atoms with Gasteiger partial charge in [0.25, 0.3) is 0 Å². The second-order valence-corrected chi connectivity index (χ2v) is 5.64. The first-order valence-corrected chi connectivity index (χ1v) is 6.88. The number of piperidine rings is 1. The van der Waals surface area contributed by atoms with E-state index < -0.39 is 0 Å². The summed E-state index contributed by atoms with van der Waals surface area (Å²) in [6, 6.07) is 1.23. The third-order valence-corrected chi connectivity index (χ3v) is 4.09. The van der Waals surface area contributed by atoms with Gasteiger partial charge in [0, 0.05) is 31.2 Å². The SMILES string of the molecule is CC1CNC(C(=O)N2[C@H](C)CCC[C@@H]2C)CN1. The highest BCUT2D eigenvalue weighted by molar-refractivity contribution is 5.83. The van der Waals surface area contributed by atoms with E-state index >= 15 is 0 Å². The lowest BCUT2D eigenvalue weighted by Crippen LogP contribution is -2.62. The summed E-state index contributed by atoms with van der Waals surface area (Å²) in [7, 11) is 0. The van der Waals surface area contributed by atoms with Crippen LogP contribution in [0.1, 0.15) is 40.0 Å². The van der Waals surface area contributed by atoms with Gasteiger partial charge in [0.2, 0.25) is 5.91 Å². The van der Waals surface area contributed by atoms with E-state index in [0.717, 1.165) is 25.9 Å². The van der Waals surface area contributed by atoms with Crippen LogP contribution in [0.3, 0.4) is 0 Å². The lowest BCUT2D eigenvalue weighted by atomic mass is 9.96. The lowest BCUT2D eigenvalue weighted by Gasteiger charge is -2.42. The molecule has 0 aromatic rings. The van der Waals surface area contributed by atoms with Gasteiger partial charge in [-0.1, -0.05) is 0 Å². The van der Waals surface area contributed by atoms with Gasteiger partial charge in [-0.25, -0.2) is 0 Å². The fourth-order valence-corrected chi connectivity index (χ4v) is 2.99. The highest BCUT2D eigenvalue weighted by Gasteiger charge is 2.34. The van der Waals surface area contributed by atoms with Gasteiger partial charge < -0.3 is 15.5 Å². The zero-order valence-electron chi connectivity index (χ0n) is 11.2. The Bertz CT molecular complexity index is 264. The van der Waals surface area contributed by atoms with Crippen molar-refractivity contribution < 1.29 is 4.79 Å². The Morgan fingerprint density at radius 1 is 1.06 bits per heavy atom. The smallest absolute Gasteiger partial charge is 0.241 e. The van der Waals surface area contributed by atoms with Crippen LogP contribution < -0.4 is 10.6 Å². The minimum Gasteiger partial charge on any atom is -0.336 e. The summed E-state index contributed by atoms with van der Waals surface area (Å²) in [5.41, 5.74) is 0. The zero-order valence-corrected chi connectivity index (χ0v) is 11.2. The van der Waals surface area contributed by atoms with Gasteiger partial charge in [0.15, 0.2) is 0 Å². The van der Waals surface area contributed by atoms with Gasteiger partial charge in [0.05, 0.1) is 6.04 Å². The standard InChI is InChI=1S/C13H25N3O/c1-9-7-15-12(8-14-9)13(17)16-10(2)5-4-6-11(16)3/h9-12,14-15H,4-8H2,1-3H3/t9?,10-,11+,12?. The molecule has 0 bridgehead atoms. The molecule has 1 amide bonds. The molecule has 2 aliphatic rings.